The Labute approximate surface area is 116 Å². The first-order valence-corrected chi connectivity index (χ1v) is 7.18. The first-order chi connectivity index (χ1) is 8.16. The van der Waals surface area contributed by atoms with Crippen LogP contribution in [-0.4, -0.2) is 31.1 Å². The van der Waals surface area contributed by atoms with Crippen LogP contribution in [0.25, 0.3) is 0 Å². The number of nitrogens with zero attached hydrogens (tertiary/aromatic N) is 1. The zero-order chi connectivity index (χ0) is 12.3. The number of hydrogen-bond acceptors (Lipinski definition) is 2. The zero-order valence-corrected chi connectivity index (χ0v) is 12.4. The third-order valence-electron chi connectivity index (χ3n) is 2.98. The fourth-order valence-electron chi connectivity index (χ4n) is 1.79. The van der Waals surface area contributed by atoms with Crippen LogP contribution in [0, 0.1) is 0 Å². The minimum absolute atomic E-state index is 0.790. The maximum absolute atomic E-state index is 6.24. The van der Waals surface area contributed by atoms with Crippen molar-refractivity contribution in [2.45, 2.75) is 25.4 Å². The molecule has 1 fully saturated rings. The SMILES string of the molecule is CN(CCNC1CC1)Cc1cccc(Br)c1Cl. The Morgan fingerprint density at radius 1 is 1.47 bits per heavy atom. The normalized spacial score (nSPS) is 15.5. The average Bonchev–Trinajstić information content (AvgIpc) is 3.09. The first kappa shape index (κ1) is 13.3. The summed E-state index contributed by atoms with van der Waals surface area (Å²) in [5.41, 5.74) is 1.18. The molecule has 0 atom stereocenters. The minimum Gasteiger partial charge on any atom is -0.313 e. The molecule has 1 saturated carbocycles. The van der Waals surface area contributed by atoms with Crippen molar-refractivity contribution < 1.29 is 0 Å². The van der Waals surface area contributed by atoms with Crippen molar-refractivity contribution in [2.24, 2.45) is 0 Å². The van der Waals surface area contributed by atoms with Crippen LogP contribution in [0.2, 0.25) is 5.02 Å². The number of rotatable bonds is 6. The van der Waals surface area contributed by atoms with Crippen LogP contribution in [0.5, 0.6) is 0 Å². The number of likely N-dealkylation sites (N-methyl/N-ethyl adjacent to an activating group) is 1. The lowest BCUT2D eigenvalue weighted by atomic mass is 10.2. The summed E-state index contributed by atoms with van der Waals surface area (Å²) < 4.78 is 0.973. The van der Waals surface area contributed by atoms with Gasteiger partial charge in [-0.05, 0) is 47.4 Å². The second kappa shape index (κ2) is 6.19. The predicted octanol–water partition coefficient (Wildman–Crippen LogP) is 3.29. The van der Waals surface area contributed by atoms with Gasteiger partial charge in [0, 0.05) is 30.1 Å². The van der Waals surface area contributed by atoms with Gasteiger partial charge in [-0.1, -0.05) is 23.7 Å². The van der Waals surface area contributed by atoms with Crippen molar-refractivity contribution >= 4 is 27.5 Å². The van der Waals surface area contributed by atoms with Gasteiger partial charge in [-0.15, -0.1) is 0 Å². The van der Waals surface area contributed by atoms with Crippen molar-refractivity contribution in [3.05, 3.63) is 33.3 Å². The van der Waals surface area contributed by atoms with Crippen LogP contribution in [0.15, 0.2) is 22.7 Å². The highest BCUT2D eigenvalue weighted by Gasteiger charge is 2.19. The summed E-state index contributed by atoms with van der Waals surface area (Å²) in [6, 6.07) is 6.87. The Balaban J connectivity index is 1.79. The largest absolute Gasteiger partial charge is 0.313 e. The second-order valence-electron chi connectivity index (χ2n) is 4.68. The summed E-state index contributed by atoms with van der Waals surface area (Å²) in [6.45, 7) is 3.01. The van der Waals surface area contributed by atoms with E-state index in [0.29, 0.717) is 0 Å². The van der Waals surface area contributed by atoms with Gasteiger partial charge in [-0.25, -0.2) is 0 Å². The lowest BCUT2D eigenvalue weighted by Crippen LogP contribution is -2.30. The lowest BCUT2D eigenvalue weighted by Gasteiger charge is -2.18. The van der Waals surface area contributed by atoms with Crippen LogP contribution < -0.4 is 5.32 Å². The minimum atomic E-state index is 0.790. The van der Waals surface area contributed by atoms with Crippen molar-refractivity contribution in [1.29, 1.82) is 0 Å². The molecule has 0 radical (unpaired) electrons. The van der Waals surface area contributed by atoms with Crippen LogP contribution >= 0.6 is 27.5 Å². The Kier molecular flexibility index (Phi) is 4.86. The number of benzene rings is 1. The van der Waals surface area contributed by atoms with E-state index >= 15 is 0 Å². The van der Waals surface area contributed by atoms with Gasteiger partial charge in [0.1, 0.15) is 0 Å². The number of nitrogens with one attached hydrogen (secondary N) is 1. The molecule has 1 N–H and O–H groups in total. The van der Waals surface area contributed by atoms with Gasteiger partial charge in [0.15, 0.2) is 0 Å². The van der Waals surface area contributed by atoms with E-state index < -0.39 is 0 Å². The Morgan fingerprint density at radius 3 is 2.94 bits per heavy atom. The summed E-state index contributed by atoms with van der Waals surface area (Å²) in [7, 11) is 2.13. The molecule has 0 spiro atoms. The summed E-state index contributed by atoms with van der Waals surface area (Å²) in [6.07, 6.45) is 2.70. The quantitative estimate of drug-likeness (QED) is 0.866. The maximum atomic E-state index is 6.24. The molecular formula is C13H18BrClN2. The van der Waals surface area contributed by atoms with Gasteiger partial charge in [0.25, 0.3) is 0 Å². The molecule has 4 heteroatoms. The van der Waals surface area contributed by atoms with E-state index in [1.165, 1.54) is 18.4 Å². The molecule has 2 nitrogen and oxygen atoms in total. The molecule has 0 bridgehead atoms. The monoisotopic (exact) mass is 316 g/mol. The molecule has 0 aromatic heterocycles. The van der Waals surface area contributed by atoms with Gasteiger partial charge in [0.2, 0.25) is 0 Å². The van der Waals surface area contributed by atoms with E-state index in [4.69, 9.17) is 11.6 Å². The van der Waals surface area contributed by atoms with Crippen molar-refractivity contribution in [1.82, 2.24) is 10.2 Å². The van der Waals surface area contributed by atoms with E-state index in [-0.39, 0.29) is 0 Å². The van der Waals surface area contributed by atoms with Crippen molar-refractivity contribution in [2.75, 3.05) is 20.1 Å². The predicted molar refractivity (Wildman–Crippen MR) is 76.5 cm³/mol. The molecule has 1 aliphatic carbocycles. The van der Waals surface area contributed by atoms with Gasteiger partial charge in [-0.3, -0.25) is 0 Å². The zero-order valence-electron chi connectivity index (χ0n) is 10.0. The Hall–Kier alpha value is -0.0900. The van der Waals surface area contributed by atoms with Crippen LogP contribution in [-0.2, 0) is 6.54 Å². The third-order valence-corrected chi connectivity index (χ3v) is 4.31. The lowest BCUT2D eigenvalue weighted by molar-refractivity contribution is 0.324. The first-order valence-electron chi connectivity index (χ1n) is 6.01. The summed E-state index contributed by atoms with van der Waals surface area (Å²) in [5.74, 6) is 0. The van der Waals surface area contributed by atoms with Crippen LogP contribution in [0.3, 0.4) is 0 Å². The topological polar surface area (TPSA) is 15.3 Å². The average molecular weight is 318 g/mol. The fraction of sp³-hybridized carbons (Fsp3) is 0.538. The van der Waals surface area contributed by atoms with Gasteiger partial charge >= 0.3 is 0 Å². The Morgan fingerprint density at radius 2 is 2.24 bits per heavy atom. The third kappa shape index (κ3) is 4.25. The molecular weight excluding hydrogens is 300 g/mol. The number of halogens is 2. The number of hydrogen-bond donors (Lipinski definition) is 1. The molecule has 0 unspecified atom stereocenters. The second-order valence-corrected chi connectivity index (χ2v) is 5.91. The molecule has 1 aromatic rings. The highest BCUT2D eigenvalue weighted by atomic mass is 79.9. The van der Waals surface area contributed by atoms with E-state index in [0.717, 1.165) is 35.2 Å². The van der Waals surface area contributed by atoms with E-state index in [2.05, 4.69) is 39.3 Å². The molecule has 17 heavy (non-hydrogen) atoms. The molecule has 1 aliphatic rings. The highest BCUT2D eigenvalue weighted by Crippen LogP contribution is 2.26. The fourth-order valence-corrected chi connectivity index (χ4v) is 2.38. The van der Waals surface area contributed by atoms with Crippen LogP contribution in [0.4, 0.5) is 0 Å². The molecule has 0 amide bonds. The summed E-state index contributed by atoms with van der Waals surface area (Å²) in [5, 5.41) is 4.34. The summed E-state index contributed by atoms with van der Waals surface area (Å²) >= 11 is 9.70. The summed E-state index contributed by atoms with van der Waals surface area (Å²) in [4.78, 5) is 2.29. The van der Waals surface area contributed by atoms with E-state index in [9.17, 15) is 0 Å². The van der Waals surface area contributed by atoms with Gasteiger partial charge in [-0.2, -0.15) is 0 Å². The molecule has 0 saturated heterocycles. The van der Waals surface area contributed by atoms with Gasteiger partial charge in [0.05, 0.1) is 5.02 Å². The smallest absolute Gasteiger partial charge is 0.0593 e. The van der Waals surface area contributed by atoms with Crippen molar-refractivity contribution in [3.8, 4) is 0 Å². The molecule has 0 heterocycles. The molecule has 2 rings (SSSR count). The molecule has 94 valence electrons. The van der Waals surface area contributed by atoms with E-state index in [1.807, 2.05) is 12.1 Å². The Bertz CT molecular complexity index is 380. The molecule has 0 aliphatic heterocycles. The molecule has 1 aromatic carbocycles. The highest BCUT2D eigenvalue weighted by molar-refractivity contribution is 9.10. The standard InChI is InChI=1S/C13H18BrClN2/c1-17(8-7-16-11-5-6-11)9-10-3-2-4-12(14)13(10)15/h2-4,11,16H,5-9H2,1H3. The van der Waals surface area contributed by atoms with Crippen LogP contribution in [0.1, 0.15) is 18.4 Å². The van der Waals surface area contributed by atoms with Crippen molar-refractivity contribution in [3.63, 3.8) is 0 Å². The maximum Gasteiger partial charge on any atom is 0.0593 e. The van der Waals surface area contributed by atoms with E-state index in [1.54, 1.807) is 0 Å². The van der Waals surface area contributed by atoms with Gasteiger partial charge < -0.3 is 10.2 Å².